The molecule has 122 valence electrons. The summed E-state index contributed by atoms with van der Waals surface area (Å²) in [6.07, 6.45) is 8.76. The topological polar surface area (TPSA) is 46.1 Å². The number of amides is 1. The van der Waals surface area contributed by atoms with Crippen molar-refractivity contribution in [2.45, 2.75) is 19.3 Å². The lowest BCUT2D eigenvalue weighted by atomic mass is 9.90. The van der Waals surface area contributed by atoms with Crippen molar-refractivity contribution in [1.82, 2.24) is 14.9 Å². The van der Waals surface area contributed by atoms with Crippen molar-refractivity contribution in [3.8, 4) is 0 Å². The lowest BCUT2D eigenvalue weighted by Gasteiger charge is -2.32. The van der Waals surface area contributed by atoms with E-state index in [-0.39, 0.29) is 5.91 Å². The Labute approximate surface area is 145 Å². The number of hydrogen-bond donors (Lipinski definition) is 0. The van der Waals surface area contributed by atoms with Crippen LogP contribution in [0.15, 0.2) is 48.4 Å². The predicted octanol–water partition coefficient (Wildman–Crippen LogP) is 3.79. The number of aromatic nitrogens is 2. The molecule has 1 fully saturated rings. The minimum absolute atomic E-state index is 0.123. The van der Waals surface area contributed by atoms with Gasteiger partial charge in [-0.3, -0.25) is 14.8 Å². The van der Waals surface area contributed by atoms with Crippen LogP contribution in [-0.4, -0.2) is 33.9 Å². The van der Waals surface area contributed by atoms with E-state index in [1.54, 1.807) is 11.7 Å². The number of fused-ring (bicyclic) bond motifs is 1. The summed E-state index contributed by atoms with van der Waals surface area (Å²) in [4.78, 5) is 23.7. The fraction of sp³-hybridized carbons (Fsp3) is 0.316. The Hall–Kier alpha value is -2.27. The van der Waals surface area contributed by atoms with Gasteiger partial charge >= 0.3 is 0 Å². The van der Waals surface area contributed by atoms with Crippen molar-refractivity contribution >= 4 is 28.0 Å². The minimum Gasteiger partial charge on any atom is -0.338 e. The van der Waals surface area contributed by atoms with Gasteiger partial charge in [0.2, 0.25) is 0 Å². The third kappa shape index (κ3) is 3.04. The summed E-state index contributed by atoms with van der Waals surface area (Å²) < 4.78 is 0. The van der Waals surface area contributed by atoms with E-state index in [4.69, 9.17) is 0 Å². The van der Waals surface area contributed by atoms with E-state index < -0.39 is 0 Å². The molecule has 0 saturated carbocycles. The number of rotatable bonds is 3. The van der Waals surface area contributed by atoms with Gasteiger partial charge in [-0.2, -0.15) is 0 Å². The Balaban J connectivity index is 1.51. The van der Waals surface area contributed by atoms with Gasteiger partial charge in [0.25, 0.3) is 5.91 Å². The van der Waals surface area contributed by atoms with E-state index in [1.165, 1.54) is 27.7 Å². The van der Waals surface area contributed by atoms with Gasteiger partial charge in [0, 0.05) is 30.9 Å². The Kier molecular flexibility index (Phi) is 4.26. The maximum absolute atomic E-state index is 12.6. The highest BCUT2D eigenvalue weighted by molar-refractivity contribution is 7.11. The number of hydrogen-bond acceptors (Lipinski definition) is 4. The summed E-state index contributed by atoms with van der Waals surface area (Å²) in [6, 6.07) is 8.39. The van der Waals surface area contributed by atoms with Crippen molar-refractivity contribution in [2.75, 3.05) is 13.1 Å². The van der Waals surface area contributed by atoms with Gasteiger partial charge < -0.3 is 4.90 Å². The van der Waals surface area contributed by atoms with E-state index in [1.807, 2.05) is 23.4 Å². The highest BCUT2D eigenvalue weighted by atomic mass is 32.1. The van der Waals surface area contributed by atoms with Gasteiger partial charge in [-0.05, 0) is 36.1 Å². The fourth-order valence-electron chi connectivity index (χ4n) is 3.55. The molecule has 0 unspecified atom stereocenters. The van der Waals surface area contributed by atoms with Crippen molar-refractivity contribution in [1.29, 1.82) is 0 Å². The molecule has 4 nitrogen and oxygen atoms in total. The summed E-state index contributed by atoms with van der Waals surface area (Å²) >= 11 is 1.42. The highest BCUT2D eigenvalue weighted by Gasteiger charge is 2.25. The number of pyridine rings is 1. The average molecular weight is 337 g/mol. The summed E-state index contributed by atoms with van der Waals surface area (Å²) in [5.41, 5.74) is 3.00. The molecule has 4 rings (SSSR count). The Bertz CT molecular complexity index is 841. The van der Waals surface area contributed by atoms with Gasteiger partial charge in [-0.25, -0.2) is 0 Å². The van der Waals surface area contributed by atoms with Crippen LogP contribution >= 0.6 is 11.3 Å². The Morgan fingerprint density at radius 3 is 3.00 bits per heavy atom. The molecule has 1 amide bonds. The zero-order chi connectivity index (χ0) is 16.4. The van der Waals surface area contributed by atoms with Crippen LogP contribution < -0.4 is 0 Å². The van der Waals surface area contributed by atoms with Crippen LogP contribution in [0, 0.1) is 5.92 Å². The standard InChI is InChI=1S/C19H19N3OS/c23-19(18-11-21-13-24-18)22-7-3-4-14(12-22)8-16-10-20-9-15-5-1-2-6-17(15)16/h1-2,5-6,9-11,13-14H,3-4,7-8,12H2/t14-/m0/s1. The number of benzene rings is 1. The van der Waals surface area contributed by atoms with Gasteiger partial charge in [0.05, 0.1) is 11.7 Å². The second kappa shape index (κ2) is 6.69. The molecule has 1 aromatic carbocycles. The van der Waals surface area contributed by atoms with Gasteiger partial charge in [-0.15, -0.1) is 11.3 Å². The van der Waals surface area contributed by atoms with Gasteiger partial charge in [0.1, 0.15) is 4.88 Å². The molecular weight excluding hydrogens is 318 g/mol. The predicted molar refractivity (Wildman–Crippen MR) is 96.2 cm³/mol. The van der Waals surface area contributed by atoms with Crippen molar-refractivity contribution < 1.29 is 4.79 Å². The van der Waals surface area contributed by atoms with Crippen LogP contribution in [0.5, 0.6) is 0 Å². The molecule has 24 heavy (non-hydrogen) atoms. The van der Waals surface area contributed by atoms with Crippen molar-refractivity contribution in [2.24, 2.45) is 5.92 Å². The lowest BCUT2D eigenvalue weighted by molar-refractivity contribution is 0.0678. The summed E-state index contributed by atoms with van der Waals surface area (Å²) in [6.45, 7) is 1.67. The van der Waals surface area contributed by atoms with Crippen LogP contribution in [0.4, 0.5) is 0 Å². The zero-order valence-corrected chi connectivity index (χ0v) is 14.2. The molecule has 1 saturated heterocycles. The fourth-order valence-corrected chi connectivity index (χ4v) is 4.13. The van der Waals surface area contributed by atoms with Crippen LogP contribution in [0.25, 0.3) is 10.8 Å². The number of nitrogens with zero attached hydrogens (tertiary/aromatic N) is 3. The monoisotopic (exact) mass is 337 g/mol. The molecule has 0 N–H and O–H groups in total. The molecule has 1 atom stereocenters. The van der Waals surface area contributed by atoms with Crippen LogP contribution in [0.2, 0.25) is 0 Å². The maximum atomic E-state index is 12.6. The SMILES string of the molecule is O=C(c1cncs1)N1CCC[C@@H](Cc2cncc3ccccc23)C1. The number of carbonyl (C=O) groups excluding carboxylic acids is 1. The summed E-state index contributed by atoms with van der Waals surface area (Å²) in [5.74, 6) is 0.612. The van der Waals surface area contributed by atoms with Crippen LogP contribution in [-0.2, 0) is 6.42 Å². The van der Waals surface area contributed by atoms with Crippen molar-refractivity contribution in [3.63, 3.8) is 0 Å². The second-order valence-corrected chi connectivity index (χ2v) is 7.24. The molecule has 0 spiro atoms. The molecule has 1 aliphatic heterocycles. The van der Waals surface area contributed by atoms with E-state index in [0.717, 1.165) is 37.2 Å². The molecule has 0 radical (unpaired) electrons. The highest BCUT2D eigenvalue weighted by Crippen LogP contribution is 2.26. The normalized spacial score (nSPS) is 18.0. The largest absolute Gasteiger partial charge is 0.338 e. The molecule has 0 aliphatic carbocycles. The van der Waals surface area contributed by atoms with Gasteiger partial charge in [0.15, 0.2) is 0 Å². The van der Waals surface area contributed by atoms with E-state index >= 15 is 0 Å². The average Bonchev–Trinajstić information content (AvgIpc) is 3.16. The molecule has 3 aromatic rings. The van der Waals surface area contributed by atoms with Crippen molar-refractivity contribution in [3.05, 3.63) is 58.8 Å². The first-order chi connectivity index (χ1) is 11.8. The smallest absolute Gasteiger partial charge is 0.265 e. The third-order valence-electron chi connectivity index (χ3n) is 4.71. The number of carbonyl (C=O) groups is 1. The van der Waals surface area contributed by atoms with Crippen LogP contribution in [0.1, 0.15) is 28.1 Å². The maximum Gasteiger partial charge on any atom is 0.265 e. The first-order valence-electron chi connectivity index (χ1n) is 8.30. The van der Waals surface area contributed by atoms with E-state index in [2.05, 4.69) is 28.2 Å². The van der Waals surface area contributed by atoms with E-state index in [0.29, 0.717) is 5.92 Å². The number of piperidine rings is 1. The molecule has 2 aromatic heterocycles. The first-order valence-corrected chi connectivity index (χ1v) is 9.18. The lowest BCUT2D eigenvalue weighted by Crippen LogP contribution is -2.40. The molecule has 1 aliphatic rings. The molecule has 0 bridgehead atoms. The second-order valence-electron chi connectivity index (χ2n) is 6.35. The quantitative estimate of drug-likeness (QED) is 0.730. The summed E-state index contributed by atoms with van der Waals surface area (Å²) in [7, 11) is 0. The Morgan fingerprint density at radius 2 is 2.12 bits per heavy atom. The summed E-state index contributed by atoms with van der Waals surface area (Å²) in [5, 5.41) is 2.46. The Morgan fingerprint density at radius 1 is 1.21 bits per heavy atom. The molecule has 5 heteroatoms. The molecular formula is C19H19N3OS. The zero-order valence-electron chi connectivity index (χ0n) is 13.4. The van der Waals surface area contributed by atoms with E-state index in [9.17, 15) is 4.79 Å². The number of likely N-dealkylation sites (tertiary alicyclic amines) is 1. The van der Waals surface area contributed by atoms with Crippen LogP contribution in [0.3, 0.4) is 0 Å². The third-order valence-corrected chi connectivity index (χ3v) is 5.47. The first kappa shape index (κ1) is 15.3. The number of thiazole rings is 1. The van der Waals surface area contributed by atoms with Gasteiger partial charge in [-0.1, -0.05) is 24.3 Å². The minimum atomic E-state index is 0.123. The molecule has 3 heterocycles.